The van der Waals surface area contributed by atoms with Crippen LogP contribution >= 0.6 is 11.8 Å². The van der Waals surface area contributed by atoms with Crippen molar-refractivity contribution in [1.29, 1.82) is 0 Å². The molecule has 0 saturated heterocycles. The fourth-order valence-electron chi connectivity index (χ4n) is 2.94. The van der Waals surface area contributed by atoms with Crippen molar-refractivity contribution in [3.05, 3.63) is 59.4 Å². The van der Waals surface area contributed by atoms with Gasteiger partial charge < -0.3 is 5.73 Å². The Balaban J connectivity index is 1.85. The summed E-state index contributed by atoms with van der Waals surface area (Å²) in [4.78, 5) is 5.45. The first-order valence-corrected chi connectivity index (χ1v) is 8.60. The van der Waals surface area contributed by atoms with Crippen LogP contribution < -0.4 is 5.73 Å². The largest absolute Gasteiger partial charge is 0.326 e. The molecule has 1 aliphatic carbocycles. The van der Waals surface area contributed by atoms with E-state index < -0.39 is 0 Å². The van der Waals surface area contributed by atoms with Crippen LogP contribution in [0.25, 0.3) is 0 Å². The Bertz CT molecular complexity index is 597. The zero-order valence-electron chi connectivity index (χ0n) is 12.5. The molecule has 0 fully saturated rings. The highest BCUT2D eigenvalue weighted by atomic mass is 32.2. The maximum Gasteiger partial charge on any atom is 0.0496 e. The number of thioether (sulfide) groups is 1. The van der Waals surface area contributed by atoms with Crippen LogP contribution in [0.1, 0.15) is 41.7 Å². The molecule has 0 saturated carbocycles. The highest BCUT2D eigenvalue weighted by Crippen LogP contribution is 2.39. The molecule has 1 heterocycles. The first kappa shape index (κ1) is 14.6. The summed E-state index contributed by atoms with van der Waals surface area (Å²) in [5.74, 6) is 0. The minimum atomic E-state index is 0.158. The fourth-order valence-corrected chi connectivity index (χ4v) is 4.25. The van der Waals surface area contributed by atoms with E-state index >= 15 is 0 Å². The summed E-state index contributed by atoms with van der Waals surface area (Å²) in [7, 11) is 0. The predicted molar refractivity (Wildman–Crippen MR) is 89.6 cm³/mol. The van der Waals surface area contributed by atoms with Gasteiger partial charge in [-0.25, -0.2) is 0 Å². The summed E-state index contributed by atoms with van der Waals surface area (Å²) in [6.45, 7) is 2.15. The van der Waals surface area contributed by atoms with Crippen LogP contribution in [0.3, 0.4) is 0 Å². The summed E-state index contributed by atoms with van der Waals surface area (Å²) < 4.78 is 0. The second-order valence-corrected chi connectivity index (χ2v) is 6.89. The summed E-state index contributed by atoms with van der Waals surface area (Å²) in [5.41, 5.74) is 10.7. The van der Waals surface area contributed by atoms with Crippen LogP contribution in [-0.4, -0.2) is 11.0 Å². The van der Waals surface area contributed by atoms with Gasteiger partial charge in [0.25, 0.3) is 0 Å². The van der Waals surface area contributed by atoms with E-state index in [0.717, 1.165) is 6.42 Å². The molecule has 110 valence electrons. The summed E-state index contributed by atoms with van der Waals surface area (Å²) in [6.07, 6.45) is 8.45. The number of benzene rings is 1. The molecule has 2 atom stereocenters. The van der Waals surface area contributed by atoms with Gasteiger partial charge in [0.2, 0.25) is 0 Å². The van der Waals surface area contributed by atoms with E-state index in [1.54, 1.807) is 0 Å². The molecule has 1 aromatic carbocycles. The zero-order chi connectivity index (χ0) is 14.7. The van der Waals surface area contributed by atoms with Crippen molar-refractivity contribution < 1.29 is 0 Å². The summed E-state index contributed by atoms with van der Waals surface area (Å²) in [5, 5.41) is 0.289. The molecule has 1 aromatic heterocycles. The van der Waals surface area contributed by atoms with Crippen LogP contribution in [-0.2, 0) is 12.8 Å². The first-order chi connectivity index (χ1) is 10.3. The number of pyridine rings is 1. The Morgan fingerprint density at radius 2 is 1.90 bits per heavy atom. The molecule has 2 unspecified atom stereocenters. The molecule has 3 heteroatoms. The first-order valence-electron chi connectivity index (χ1n) is 7.72. The fraction of sp³-hybridized carbons (Fsp3) is 0.389. The third-order valence-corrected chi connectivity index (χ3v) is 5.63. The quantitative estimate of drug-likeness (QED) is 0.843. The van der Waals surface area contributed by atoms with Gasteiger partial charge >= 0.3 is 0 Å². The molecule has 1 aliphatic rings. The molecule has 2 nitrogen and oxygen atoms in total. The lowest BCUT2D eigenvalue weighted by Gasteiger charge is -2.23. The number of hydrogen-bond donors (Lipinski definition) is 1. The van der Waals surface area contributed by atoms with Gasteiger partial charge in [0.05, 0.1) is 0 Å². The zero-order valence-corrected chi connectivity index (χ0v) is 13.3. The van der Waals surface area contributed by atoms with E-state index in [1.165, 1.54) is 40.8 Å². The third-order valence-electron chi connectivity index (χ3n) is 4.23. The third kappa shape index (κ3) is 3.30. The maximum absolute atomic E-state index is 6.37. The minimum absolute atomic E-state index is 0.158. The van der Waals surface area contributed by atoms with Crippen molar-refractivity contribution >= 4 is 11.8 Å². The number of fused-ring (bicyclic) bond motifs is 1. The second kappa shape index (κ2) is 6.63. The lowest BCUT2D eigenvalue weighted by molar-refractivity contribution is 0.633. The standard InChI is InChI=1S/C18H22N2S/c1-2-17(19)18(14-8-10-20-11-9-14)21-16-7-6-13-4-3-5-15(13)12-16/h6-12,17-18H,2-5,19H2,1H3. The maximum atomic E-state index is 6.37. The number of nitrogens with two attached hydrogens (primary N) is 1. The highest BCUT2D eigenvalue weighted by molar-refractivity contribution is 7.99. The van der Waals surface area contributed by atoms with Gasteiger partial charge in [-0.05, 0) is 66.6 Å². The van der Waals surface area contributed by atoms with Gasteiger partial charge in [0.1, 0.15) is 0 Å². The molecular weight excluding hydrogens is 276 g/mol. The van der Waals surface area contributed by atoms with Crippen molar-refractivity contribution in [2.24, 2.45) is 5.73 Å². The molecule has 0 amide bonds. The van der Waals surface area contributed by atoms with Gasteiger partial charge in [-0.2, -0.15) is 0 Å². The van der Waals surface area contributed by atoms with Gasteiger partial charge in [-0.15, -0.1) is 11.8 Å². The van der Waals surface area contributed by atoms with Crippen LogP contribution in [0.4, 0.5) is 0 Å². The van der Waals surface area contributed by atoms with E-state index in [-0.39, 0.29) is 11.3 Å². The van der Waals surface area contributed by atoms with Crippen LogP contribution in [0, 0.1) is 0 Å². The van der Waals surface area contributed by atoms with Crippen molar-refractivity contribution in [2.75, 3.05) is 0 Å². The second-order valence-electron chi connectivity index (χ2n) is 5.68. The lowest BCUT2D eigenvalue weighted by Crippen LogP contribution is -2.25. The monoisotopic (exact) mass is 298 g/mol. The Kier molecular flexibility index (Phi) is 4.61. The van der Waals surface area contributed by atoms with Crippen molar-refractivity contribution in [3.63, 3.8) is 0 Å². The molecular formula is C18H22N2S. The van der Waals surface area contributed by atoms with E-state index in [1.807, 2.05) is 24.2 Å². The van der Waals surface area contributed by atoms with Gasteiger partial charge in [0, 0.05) is 28.6 Å². The minimum Gasteiger partial charge on any atom is -0.326 e. The summed E-state index contributed by atoms with van der Waals surface area (Å²) in [6, 6.07) is 11.2. The topological polar surface area (TPSA) is 38.9 Å². The summed E-state index contributed by atoms with van der Waals surface area (Å²) >= 11 is 1.89. The molecule has 0 bridgehead atoms. The average Bonchev–Trinajstić information content (AvgIpc) is 3.00. The molecule has 2 aromatic rings. The van der Waals surface area contributed by atoms with Gasteiger partial charge in [0.15, 0.2) is 0 Å². The van der Waals surface area contributed by atoms with Crippen LogP contribution in [0.2, 0.25) is 0 Å². The smallest absolute Gasteiger partial charge is 0.0496 e. The number of aromatic nitrogens is 1. The molecule has 3 rings (SSSR count). The molecule has 0 spiro atoms. The molecule has 0 aliphatic heterocycles. The van der Waals surface area contributed by atoms with E-state index in [9.17, 15) is 0 Å². The highest BCUT2D eigenvalue weighted by Gasteiger charge is 2.21. The number of aryl methyl sites for hydroxylation is 2. The Morgan fingerprint density at radius 3 is 2.67 bits per heavy atom. The molecule has 21 heavy (non-hydrogen) atoms. The number of hydrogen-bond acceptors (Lipinski definition) is 3. The number of rotatable bonds is 5. The predicted octanol–water partition coefficient (Wildman–Crippen LogP) is 4.14. The normalized spacial score (nSPS) is 16.5. The van der Waals surface area contributed by atoms with Crippen molar-refractivity contribution in [1.82, 2.24) is 4.98 Å². The lowest BCUT2D eigenvalue weighted by atomic mass is 10.1. The van der Waals surface area contributed by atoms with E-state index in [2.05, 4.69) is 42.2 Å². The molecule has 2 N–H and O–H groups in total. The SMILES string of the molecule is CCC(N)C(Sc1ccc2c(c1)CCC2)c1ccncc1. The van der Waals surface area contributed by atoms with Gasteiger partial charge in [-0.3, -0.25) is 4.98 Å². The van der Waals surface area contributed by atoms with Crippen LogP contribution in [0.5, 0.6) is 0 Å². The van der Waals surface area contributed by atoms with E-state index in [0.29, 0.717) is 0 Å². The van der Waals surface area contributed by atoms with Crippen LogP contribution in [0.15, 0.2) is 47.6 Å². The van der Waals surface area contributed by atoms with Crippen molar-refractivity contribution in [3.8, 4) is 0 Å². The number of nitrogens with zero attached hydrogens (tertiary/aromatic N) is 1. The van der Waals surface area contributed by atoms with Crippen molar-refractivity contribution in [2.45, 2.75) is 48.8 Å². The Hall–Kier alpha value is -1.32. The molecule has 0 radical (unpaired) electrons. The van der Waals surface area contributed by atoms with E-state index in [4.69, 9.17) is 5.73 Å². The van der Waals surface area contributed by atoms with Gasteiger partial charge in [-0.1, -0.05) is 13.0 Å². The average molecular weight is 298 g/mol. The Labute approximate surface area is 131 Å². The Morgan fingerprint density at radius 1 is 1.14 bits per heavy atom.